The van der Waals surface area contributed by atoms with Crippen LogP contribution in [0.5, 0.6) is 0 Å². The van der Waals surface area contributed by atoms with Gasteiger partial charge in [0.15, 0.2) is 0 Å². The SMILES string of the molecule is CC(C)C(=O)N1CCC(c2ccc(NC(=O)C3NCc4ccccc43)cc2)CC1. The lowest BCUT2D eigenvalue weighted by Gasteiger charge is -2.33. The number of hydrogen-bond acceptors (Lipinski definition) is 3. The van der Waals surface area contributed by atoms with Crippen LogP contribution in [0, 0.1) is 5.92 Å². The number of likely N-dealkylation sites (tertiary alicyclic amines) is 1. The minimum atomic E-state index is -0.298. The van der Waals surface area contributed by atoms with Gasteiger partial charge in [0.2, 0.25) is 11.8 Å². The number of carbonyl (C=O) groups excluding carboxylic acids is 2. The Labute approximate surface area is 172 Å². The third-order valence-corrected chi connectivity index (χ3v) is 6.08. The van der Waals surface area contributed by atoms with Gasteiger partial charge in [0.05, 0.1) is 0 Å². The van der Waals surface area contributed by atoms with Crippen LogP contribution in [0.15, 0.2) is 48.5 Å². The third-order valence-electron chi connectivity index (χ3n) is 6.08. The molecule has 1 saturated heterocycles. The van der Waals surface area contributed by atoms with Crippen LogP contribution in [0.3, 0.4) is 0 Å². The maximum Gasteiger partial charge on any atom is 0.246 e. The number of amides is 2. The van der Waals surface area contributed by atoms with E-state index < -0.39 is 0 Å². The Hall–Kier alpha value is -2.66. The fourth-order valence-electron chi connectivity index (χ4n) is 4.38. The quantitative estimate of drug-likeness (QED) is 0.833. The summed E-state index contributed by atoms with van der Waals surface area (Å²) >= 11 is 0. The van der Waals surface area contributed by atoms with Gasteiger partial charge in [0.25, 0.3) is 0 Å². The van der Waals surface area contributed by atoms with Crippen LogP contribution in [0.4, 0.5) is 5.69 Å². The van der Waals surface area contributed by atoms with Crippen molar-refractivity contribution in [3.8, 4) is 0 Å². The number of nitrogens with zero attached hydrogens (tertiary/aromatic N) is 1. The number of hydrogen-bond donors (Lipinski definition) is 2. The fourth-order valence-corrected chi connectivity index (χ4v) is 4.38. The summed E-state index contributed by atoms with van der Waals surface area (Å²) in [6.07, 6.45) is 1.99. The van der Waals surface area contributed by atoms with E-state index >= 15 is 0 Å². The highest BCUT2D eigenvalue weighted by molar-refractivity contribution is 5.96. The van der Waals surface area contributed by atoms with Crippen LogP contribution in [0.1, 0.15) is 55.3 Å². The number of nitrogens with one attached hydrogen (secondary N) is 2. The summed E-state index contributed by atoms with van der Waals surface area (Å²) in [4.78, 5) is 26.9. The standard InChI is InChI=1S/C24H29N3O2/c1-16(2)24(29)27-13-11-18(12-14-27)17-7-9-20(10-8-17)26-23(28)22-21-6-4-3-5-19(21)15-25-22/h3-10,16,18,22,25H,11-15H2,1-2H3,(H,26,28). The summed E-state index contributed by atoms with van der Waals surface area (Å²) in [7, 11) is 0. The van der Waals surface area contributed by atoms with Crippen molar-refractivity contribution in [2.45, 2.75) is 45.2 Å². The van der Waals surface area contributed by atoms with E-state index in [1.54, 1.807) is 0 Å². The van der Waals surface area contributed by atoms with Crippen LogP contribution < -0.4 is 10.6 Å². The zero-order valence-electron chi connectivity index (χ0n) is 17.2. The maximum absolute atomic E-state index is 12.7. The average molecular weight is 392 g/mol. The van der Waals surface area contributed by atoms with Gasteiger partial charge in [-0.15, -0.1) is 0 Å². The Balaban J connectivity index is 1.34. The van der Waals surface area contributed by atoms with Gasteiger partial charge < -0.3 is 10.2 Å². The Morgan fingerprint density at radius 3 is 2.41 bits per heavy atom. The zero-order valence-corrected chi connectivity index (χ0v) is 17.2. The Morgan fingerprint density at radius 2 is 1.72 bits per heavy atom. The Bertz CT molecular complexity index is 883. The topological polar surface area (TPSA) is 61.4 Å². The smallest absolute Gasteiger partial charge is 0.246 e. The van der Waals surface area contributed by atoms with Gasteiger partial charge in [-0.2, -0.15) is 0 Å². The molecule has 0 aliphatic carbocycles. The van der Waals surface area contributed by atoms with E-state index in [-0.39, 0.29) is 23.8 Å². The summed E-state index contributed by atoms with van der Waals surface area (Å²) in [6.45, 7) is 6.30. The minimum Gasteiger partial charge on any atom is -0.342 e. The molecule has 4 rings (SSSR count). The van der Waals surface area contributed by atoms with Gasteiger partial charge >= 0.3 is 0 Å². The predicted molar refractivity (Wildman–Crippen MR) is 114 cm³/mol. The molecule has 1 unspecified atom stereocenters. The van der Waals surface area contributed by atoms with Gasteiger partial charge in [0, 0.05) is 31.2 Å². The molecule has 2 aromatic carbocycles. The highest BCUT2D eigenvalue weighted by Gasteiger charge is 2.28. The molecule has 1 fully saturated rings. The van der Waals surface area contributed by atoms with Gasteiger partial charge in [-0.25, -0.2) is 0 Å². The molecule has 2 aromatic rings. The molecule has 2 aliphatic rings. The number of carbonyl (C=O) groups is 2. The summed E-state index contributed by atoms with van der Waals surface area (Å²) in [5.74, 6) is 0.766. The molecule has 29 heavy (non-hydrogen) atoms. The van der Waals surface area contributed by atoms with Crippen LogP contribution in [0.2, 0.25) is 0 Å². The monoisotopic (exact) mass is 391 g/mol. The molecule has 5 heteroatoms. The average Bonchev–Trinajstić information content (AvgIpc) is 3.18. The van der Waals surface area contributed by atoms with E-state index in [0.717, 1.165) is 43.7 Å². The van der Waals surface area contributed by atoms with Crippen molar-refractivity contribution in [1.29, 1.82) is 0 Å². The van der Waals surface area contributed by atoms with E-state index in [4.69, 9.17) is 0 Å². The highest BCUT2D eigenvalue weighted by atomic mass is 16.2. The minimum absolute atomic E-state index is 0.0248. The molecule has 2 heterocycles. The van der Waals surface area contributed by atoms with Crippen molar-refractivity contribution >= 4 is 17.5 Å². The molecule has 0 radical (unpaired) electrons. The van der Waals surface area contributed by atoms with Gasteiger partial charge in [-0.05, 0) is 47.6 Å². The van der Waals surface area contributed by atoms with E-state index in [0.29, 0.717) is 5.92 Å². The number of piperidine rings is 1. The van der Waals surface area contributed by atoms with Crippen molar-refractivity contribution in [3.05, 3.63) is 65.2 Å². The fraction of sp³-hybridized carbons (Fsp3) is 0.417. The van der Waals surface area contributed by atoms with Crippen LogP contribution in [0.25, 0.3) is 0 Å². The highest BCUT2D eigenvalue weighted by Crippen LogP contribution is 2.30. The lowest BCUT2D eigenvalue weighted by molar-refractivity contribution is -0.135. The molecule has 2 aliphatic heterocycles. The summed E-state index contributed by atoms with van der Waals surface area (Å²) in [5, 5.41) is 6.32. The third kappa shape index (κ3) is 4.20. The Morgan fingerprint density at radius 1 is 1.03 bits per heavy atom. The summed E-state index contributed by atoms with van der Waals surface area (Å²) in [5.41, 5.74) is 4.34. The predicted octanol–water partition coefficient (Wildman–Crippen LogP) is 3.83. The Kier molecular flexibility index (Phi) is 5.67. The number of benzene rings is 2. The largest absolute Gasteiger partial charge is 0.342 e. The van der Waals surface area contributed by atoms with Crippen molar-refractivity contribution < 1.29 is 9.59 Å². The van der Waals surface area contributed by atoms with Gasteiger partial charge in [-0.3, -0.25) is 14.9 Å². The van der Waals surface area contributed by atoms with E-state index in [1.165, 1.54) is 11.1 Å². The van der Waals surface area contributed by atoms with Crippen molar-refractivity contribution in [2.24, 2.45) is 5.92 Å². The number of fused-ring (bicyclic) bond motifs is 1. The molecule has 2 amide bonds. The lowest BCUT2D eigenvalue weighted by atomic mass is 9.89. The second kappa shape index (κ2) is 8.37. The molecular formula is C24H29N3O2. The molecule has 0 spiro atoms. The van der Waals surface area contributed by atoms with Crippen molar-refractivity contribution in [2.75, 3.05) is 18.4 Å². The first-order chi connectivity index (χ1) is 14.0. The van der Waals surface area contributed by atoms with Crippen LogP contribution in [-0.2, 0) is 16.1 Å². The molecule has 1 atom stereocenters. The van der Waals surface area contributed by atoms with Gasteiger partial charge in [-0.1, -0.05) is 50.2 Å². The first kappa shape index (κ1) is 19.6. The lowest BCUT2D eigenvalue weighted by Crippen LogP contribution is -2.40. The first-order valence-electron chi connectivity index (χ1n) is 10.5. The van der Waals surface area contributed by atoms with E-state index in [9.17, 15) is 9.59 Å². The van der Waals surface area contributed by atoms with Crippen molar-refractivity contribution in [1.82, 2.24) is 10.2 Å². The van der Waals surface area contributed by atoms with E-state index in [2.05, 4.69) is 28.8 Å². The summed E-state index contributed by atoms with van der Waals surface area (Å²) in [6, 6.07) is 15.9. The number of anilines is 1. The molecular weight excluding hydrogens is 362 g/mol. The van der Waals surface area contributed by atoms with Gasteiger partial charge in [0.1, 0.15) is 6.04 Å². The van der Waals surface area contributed by atoms with Crippen LogP contribution >= 0.6 is 0 Å². The maximum atomic E-state index is 12.7. The number of rotatable bonds is 4. The second-order valence-corrected chi connectivity index (χ2v) is 8.38. The van der Waals surface area contributed by atoms with Crippen LogP contribution in [-0.4, -0.2) is 29.8 Å². The second-order valence-electron chi connectivity index (χ2n) is 8.38. The molecule has 5 nitrogen and oxygen atoms in total. The molecule has 0 saturated carbocycles. The molecule has 2 N–H and O–H groups in total. The molecule has 0 bridgehead atoms. The summed E-state index contributed by atoms with van der Waals surface area (Å²) < 4.78 is 0. The van der Waals surface area contributed by atoms with Crippen molar-refractivity contribution in [3.63, 3.8) is 0 Å². The molecule has 0 aromatic heterocycles. The molecule has 152 valence electrons. The normalized spacial score (nSPS) is 19.3. The first-order valence-corrected chi connectivity index (χ1v) is 10.5. The zero-order chi connectivity index (χ0) is 20.4. The van der Waals surface area contributed by atoms with E-state index in [1.807, 2.05) is 49.1 Å².